The summed E-state index contributed by atoms with van der Waals surface area (Å²) < 4.78 is 0. The predicted molar refractivity (Wildman–Crippen MR) is 57.1 cm³/mol. The van der Waals surface area contributed by atoms with Crippen LogP contribution in [-0.4, -0.2) is 45.6 Å². The number of aromatic nitrogens is 2. The molecule has 16 heavy (non-hydrogen) atoms. The Bertz CT molecular complexity index is 415. The van der Waals surface area contributed by atoms with Crippen molar-refractivity contribution in [2.24, 2.45) is 5.92 Å². The molecule has 0 aromatic carbocycles. The third-order valence-corrected chi connectivity index (χ3v) is 2.99. The second-order valence-electron chi connectivity index (χ2n) is 4.07. The molecule has 0 atom stereocenters. The topological polar surface area (TPSA) is 89.2 Å². The molecule has 1 aromatic rings. The lowest BCUT2D eigenvalue weighted by Gasteiger charge is -2.30. The van der Waals surface area contributed by atoms with Gasteiger partial charge >= 0.3 is 5.69 Å². The number of likely N-dealkylation sites (tertiary alicyclic amines) is 1. The van der Waals surface area contributed by atoms with Gasteiger partial charge in [0.25, 0.3) is 5.91 Å². The van der Waals surface area contributed by atoms with Gasteiger partial charge in [0.05, 0.1) is 0 Å². The van der Waals surface area contributed by atoms with Crippen molar-refractivity contribution >= 4 is 5.91 Å². The lowest BCUT2D eigenvalue weighted by Crippen LogP contribution is -2.39. The minimum Gasteiger partial charge on any atom is -0.396 e. The SMILES string of the molecule is O=C(c1c[nH]c(=O)[nH]1)N1CCC(CO)CC1. The highest BCUT2D eigenvalue weighted by Gasteiger charge is 2.23. The fraction of sp³-hybridized carbons (Fsp3) is 0.600. The number of nitrogens with zero attached hydrogens (tertiary/aromatic N) is 1. The Labute approximate surface area is 92.3 Å². The van der Waals surface area contributed by atoms with Crippen LogP contribution in [0.15, 0.2) is 11.0 Å². The van der Waals surface area contributed by atoms with Gasteiger partial charge in [-0.3, -0.25) is 4.79 Å². The van der Waals surface area contributed by atoms with Gasteiger partial charge in [-0.15, -0.1) is 0 Å². The van der Waals surface area contributed by atoms with Crippen molar-refractivity contribution < 1.29 is 9.90 Å². The normalized spacial score (nSPS) is 17.7. The Hall–Kier alpha value is -1.56. The minimum absolute atomic E-state index is 0.158. The highest BCUT2D eigenvalue weighted by Crippen LogP contribution is 2.17. The third-order valence-electron chi connectivity index (χ3n) is 2.99. The van der Waals surface area contributed by atoms with E-state index in [0.29, 0.717) is 24.7 Å². The number of carbonyl (C=O) groups excluding carboxylic acids is 1. The molecule has 1 fully saturated rings. The van der Waals surface area contributed by atoms with E-state index in [4.69, 9.17) is 5.11 Å². The van der Waals surface area contributed by atoms with E-state index in [0.717, 1.165) is 12.8 Å². The minimum atomic E-state index is -0.367. The second-order valence-corrected chi connectivity index (χ2v) is 4.07. The second kappa shape index (κ2) is 4.52. The Morgan fingerprint density at radius 3 is 2.69 bits per heavy atom. The maximum absolute atomic E-state index is 11.9. The fourth-order valence-electron chi connectivity index (χ4n) is 1.94. The number of rotatable bonds is 2. The molecule has 0 aliphatic carbocycles. The van der Waals surface area contributed by atoms with Crippen LogP contribution >= 0.6 is 0 Å². The van der Waals surface area contributed by atoms with Crippen LogP contribution in [0, 0.1) is 5.92 Å². The van der Waals surface area contributed by atoms with E-state index in [-0.39, 0.29) is 18.2 Å². The summed E-state index contributed by atoms with van der Waals surface area (Å²) in [6.45, 7) is 1.46. The molecule has 1 aromatic heterocycles. The van der Waals surface area contributed by atoms with E-state index < -0.39 is 0 Å². The van der Waals surface area contributed by atoms with Crippen molar-refractivity contribution in [3.63, 3.8) is 0 Å². The lowest BCUT2D eigenvalue weighted by atomic mass is 9.98. The maximum atomic E-state index is 11.9. The molecular weight excluding hydrogens is 210 g/mol. The zero-order valence-electron chi connectivity index (χ0n) is 8.90. The summed E-state index contributed by atoms with van der Waals surface area (Å²) in [5.41, 5.74) is -0.0685. The van der Waals surface area contributed by atoms with Crippen LogP contribution in [0.5, 0.6) is 0 Å². The Kier molecular flexibility index (Phi) is 3.09. The van der Waals surface area contributed by atoms with E-state index >= 15 is 0 Å². The molecule has 88 valence electrons. The molecule has 0 bridgehead atoms. The molecule has 0 spiro atoms. The number of hydrogen-bond acceptors (Lipinski definition) is 3. The molecule has 1 saturated heterocycles. The van der Waals surface area contributed by atoms with Gasteiger partial charge in [0, 0.05) is 25.9 Å². The van der Waals surface area contributed by atoms with E-state index in [1.54, 1.807) is 4.90 Å². The summed E-state index contributed by atoms with van der Waals surface area (Å²) in [5, 5.41) is 8.98. The van der Waals surface area contributed by atoms with Gasteiger partial charge in [0.15, 0.2) is 0 Å². The van der Waals surface area contributed by atoms with Gasteiger partial charge in [-0.2, -0.15) is 0 Å². The zero-order chi connectivity index (χ0) is 11.5. The number of nitrogens with one attached hydrogen (secondary N) is 2. The van der Waals surface area contributed by atoms with E-state index in [1.165, 1.54) is 6.20 Å². The number of aliphatic hydroxyl groups is 1. The first-order chi connectivity index (χ1) is 7.70. The largest absolute Gasteiger partial charge is 0.396 e. The summed E-state index contributed by atoms with van der Waals surface area (Å²) in [6.07, 6.45) is 3.02. The molecule has 1 amide bonds. The van der Waals surface area contributed by atoms with Crippen LogP contribution in [0.2, 0.25) is 0 Å². The Morgan fingerprint density at radius 2 is 2.19 bits per heavy atom. The molecule has 0 radical (unpaired) electrons. The van der Waals surface area contributed by atoms with Crippen LogP contribution < -0.4 is 5.69 Å². The molecule has 0 saturated carbocycles. The van der Waals surface area contributed by atoms with Crippen molar-refractivity contribution in [2.75, 3.05) is 19.7 Å². The highest BCUT2D eigenvalue weighted by molar-refractivity contribution is 5.92. The maximum Gasteiger partial charge on any atom is 0.323 e. The van der Waals surface area contributed by atoms with Gasteiger partial charge in [-0.05, 0) is 18.8 Å². The van der Waals surface area contributed by atoms with E-state index in [9.17, 15) is 9.59 Å². The smallest absolute Gasteiger partial charge is 0.323 e. The van der Waals surface area contributed by atoms with Crippen molar-refractivity contribution in [2.45, 2.75) is 12.8 Å². The lowest BCUT2D eigenvalue weighted by molar-refractivity contribution is 0.0645. The summed E-state index contributed by atoms with van der Waals surface area (Å²) >= 11 is 0. The Balaban J connectivity index is 1.99. The summed E-state index contributed by atoms with van der Waals surface area (Å²) in [6, 6.07) is 0. The molecule has 2 rings (SSSR count). The number of H-pyrrole nitrogens is 2. The molecule has 0 unspecified atom stereocenters. The predicted octanol–water partition coefficient (Wildman–Crippen LogP) is -0.453. The fourth-order valence-corrected chi connectivity index (χ4v) is 1.94. The summed E-state index contributed by atoms with van der Waals surface area (Å²) in [5.74, 6) is 0.143. The van der Waals surface area contributed by atoms with Crippen molar-refractivity contribution in [3.05, 3.63) is 22.4 Å². The molecule has 2 heterocycles. The average Bonchev–Trinajstić information content (AvgIpc) is 2.75. The third kappa shape index (κ3) is 2.16. The monoisotopic (exact) mass is 225 g/mol. The number of aromatic amines is 2. The van der Waals surface area contributed by atoms with Crippen molar-refractivity contribution in [3.8, 4) is 0 Å². The summed E-state index contributed by atoms with van der Waals surface area (Å²) in [4.78, 5) is 29.3. The summed E-state index contributed by atoms with van der Waals surface area (Å²) in [7, 11) is 0. The first-order valence-electron chi connectivity index (χ1n) is 5.38. The number of piperidine rings is 1. The van der Waals surface area contributed by atoms with E-state index in [2.05, 4.69) is 9.97 Å². The number of amides is 1. The molecule has 6 heteroatoms. The Morgan fingerprint density at radius 1 is 1.50 bits per heavy atom. The quantitative estimate of drug-likeness (QED) is 0.636. The standard InChI is InChI=1S/C10H15N3O3/c14-6-7-1-3-13(4-2-7)9(15)8-5-11-10(16)12-8/h5,7,14H,1-4,6H2,(H2,11,12,16). The van der Waals surface area contributed by atoms with Gasteiger partial charge in [-0.25, -0.2) is 4.79 Å². The average molecular weight is 225 g/mol. The molecule has 3 N–H and O–H groups in total. The number of imidazole rings is 1. The van der Waals surface area contributed by atoms with Gasteiger partial charge in [0.1, 0.15) is 5.69 Å². The first kappa shape index (κ1) is 10.9. The van der Waals surface area contributed by atoms with Crippen molar-refractivity contribution in [1.82, 2.24) is 14.9 Å². The molecule has 1 aliphatic heterocycles. The van der Waals surface area contributed by atoms with Gasteiger partial charge in [-0.1, -0.05) is 0 Å². The number of aliphatic hydroxyl groups excluding tert-OH is 1. The zero-order valence-corrected chi connectivity index (χ0v) is 8.90. The van der Waals surface area contributed by atoms with Crippen LogP contribution in [0.3, 0.4) is 0 Å². The van der Waals surface area contributed by atoms with Crippen LogP contribution in [0.4, 0.5) is 0 Å². The van der Waals surface area contributed by atoms with Gasteiger partial charge in [0.2, 0.25) is 0 Å². The highest BCUT2D eigenvalue weighted by atomic mass is 16.3. The first-order valence-corrected chi connectivity index (χ1v) is 5.38. The van der Waals surface area contributed by atoms with Crippen molar-refractivity contribution in [1.29, 1.82) is 0 Å². The van der Waals surface area contributed by atoms with E-state index in [1.807, 2.05) is 0 Å². The molecular formula is C10H15N3O3. The molecule has 1 aliphatic rings. The number of carbonyl (C=O) groups is 1. The van der Waals surface area contributed by atoms with Crippen LogP contribution in [-0.2, 0) is 0 Å². The number of hydrogen-bond donors (Lipinski definition) is 3. The van der Waals surface area contributed by atoms with Crippen LogP contribution in [0.1, 0.15) is 23.3 Å². The van der Waals surface area contributed by atoms with Gasteiger partial charge < -0.3 is 20.0 Å². The van der Waals surface area contributed by atoms with Crippen LogP contribution in [0.25, 0.3) is 0 Å². The molecule has 6 nitrogen and oxygen atoms in total.